The lowest BCUT2D eigenvalue weighted by Gasteiger charge is -2.21. The maximum Gasteiger partial charge on any atom is 0.472 e. The number of hydrogen-bond donors (Lipinski definition) is 3. The second-order valence-corrected chi connectivity index (χ2v) is 32.8. The summed E-state index contributed by atoms with van der Waals surface area (Å²) in [5.41, 5.74) is 0. The molecule has 0 amide bonds. The van der Waals surface area contributed by atoms with Gasteiger partial charge in [0.2, 0.25) is 0 Å². The fourth-order valence-electron chi connectivity index (χ4n) is 12.8. The number of phosphoric ester groups is 2. The van der Waals surface area contributed by atoms with Crippen LogP contribution in [0.15, 0.2) is 24.3 Å². The van der Waals surface area contributed by atoms with Crippen LogP contribution in [0, 0.1) is 0 Å². The summed E-state index contributed by atoms with van der Waals surface area (Å²) >= 11 is 0. The van der Waals surface area contributed by atoms with Crippen LogP contribution in [0.2, 0.25) is 0 Å². The van der Waals surface area contributed by atoms with Crippen LogP contribution < -0.4 is 0 Å². The molecule has 17 nitrogen and oxygen atoms in total. The van der Waals surface area contributed by atoms with Crippen molar-refractivity contribution in [3.8, 4) is 0 Å². The zero-order valence-corrected chi connectivity index (χ0v) is 69.3. The summed E-state index contributed by atoms with van der Waals surface area (Å²) in [4.78, 5) is 73.2. The Bertz CT molecular complexity index is 2060. The first-order valence-electron chi connectivity index (χ1n) is 43.6. The van der Waals surface area contributed by atoms with Gasteiger partial charge in [-0.15, -0.1) is 0 Å². The Labute approximate surface area is 637 Å². The van der Waals surface area contributed by atoms with E-state index in [1.54, 1.807) is 0 Å². The maximum absolute atomic E-state index is 13.1. The van der Waals surface area contributed by atoms with Crippen molar-refractivity contribution in [2.24, 2.45) is 0 Å². The second kappa shape index (κ2) is 78.7. The molecule has 0 fully saturated rings. The van der Waals surface area contributed by atoms with Crippen LogP contribution in [0.25, 0.3) is 0 Å². The molecule has 2 unspecified atom stereocenters. The quantitative estimate of drug-likeness (QED) is 0.0169. The van der Waals surface area contributed by atoms with Crippen molar-refractivity contribution >= 4 is 39.5 Å². The van der Waals surface area contributed by atoms with Crippen molar-refractivity contribution in [2.45, 2.75) is 457 Å². The molecule has 0 aromatic carbocycles. The van der Waals surface area contributed by atoms with Crippen LogP contribution >= 0.6 is 15.6 Å². The molecule has 0 rings (SSSR count). The average Bonchev–Trinajstić information content (AvgIpc) is 0.935. The van der Waals surface area contributed by atoms with Gasteiger partial charge in [0.15, 0.2) is 12.2 Å². The lowest BCUT2D eigenvalue weighted by atomic mass is 10.0. The number of rotatable bonds is 84. The van der Waals surface area contributed by atoms with Gasteiger partial charge in [-0.2, -0.15) is 0 Å². The largest absolute Gasteiger partial charge is 0.472 e. The maximum atomic E-state index is 13.1. The van der Waals surface area contributed by atoms with Gasteiger partial charge in [0, 0.05) is 25.7 Å². The van der Waals surface area contributed by atoms with Gasteiger partial charge in [0.05, 0.1) is 26.4 Å². The Morgan fingerprint density at radius 2 is 0.471 bits per heavy atom. The Hall–Kier alpha value is -2.46. The van der Waals surface area contributed by atoms with Gasteiger partial charge in [-0.1, -0.05) is 379 Å². The zero-order chi connectivity index (χ0) is 76.0. The van der Waals surface area contributed by atoms with Crippen LogP contribution in [0.1, 0.15) is 439 Å². The van der Waals surface area contributed by atoms with E-state index in [0.717, 1.165) is 109 Å². The highest BCUT2D eigenvalue weighted by Crippen LogP contribution is 2.45. The molecule has 0 aliphatic rings. The summed E-state index contributed by atoms with van der Waals surface area (Å²) in [6, 6.07) is 0. The minimum Gasteiger partial charge on any atom is -0.462 e. The van der Waals surface area contributed by atoms with Gasteiger partial charge >= 0.3 is 39.5 Å². The van der Waals surface area contributed by atoms with Gasteiger partial charge in [0.25, 0.3) is 0 Å². The first-order chi connectivity index (χ1) is 50.7. The average molecular weight is 1520 g/mol. The highest BCUT2D eigenvalue weighted by Gasteiger charge is 2.30. The fraction of sp³-hybridized carbons (Fsp3) is 0.906. The fourth-order valence-corrected chi connectivity index (χ4v) is 14.4. The molecule has 0 radical (unpaired) electrons. The monoisotopic (exact) mass is 1520 g/mol. The van der Waals surface area contributed by atoms with Crippen molar-refractivity contribution in [3.63, 3.8) is 0 Å². The lowest BCUT2D eigenvalue weighted by molar-refractivity contribution is -0.161. The molecule has 5 atom stereocenters. The number of unbranched alkanes of at least 4 members (excludes halogenated alkanes) is 54. The Kier molecular flexibility index (Phi) is 76.8. The predicted molar refractivity (Wildman–Crippen MR) is 428 cm³/mol. The van der Waals surface area contributed by atoms with Gasteiger partial charge in [-0.05, 0) is 57.8 Å². The molecule has 0 saturated carbocycles. The van der Waals surface area contributed by atoms with Crippen LogP contribution in [-0.2, 0) is 65.4 Å². The van der Waals surface area contributed by atoms with E-state index in [9.17, 15) is 43.2 Å². The van der Waals surface area contributed by atoms with E-state index in [1.807, 2.05) is 0 Å². The number of phosphoric acid groups is 2. The minimum atomic E-state index is -4.97. The summed E-state index contributed by atoms with van der Waals surface area (Å²) in [5.74, 6) is -2.13. The number of esters is 4. The van der Waals surface area contributed by atoms with Gasteiger partial charge in [0.1, 0.15) is 19.3 Å². The van der Waals surface area contributed by atoms with Gasteiger partial charge < -0.3 is 33.8 Å². The molecule has 104 heavy (non-hydrogen) atoms. The van der Waals surface area contributed by atoms with E-state index < -0.39 is 97.5 Å². The first kappa shape index (κ1) is 102. The highest BCUT2D eigenvalue weighted by atomic mass is 31.2. The van der Waals surface area contributed by atoms with E-state index in [-0.39, 0.29) is 25.7 Å². The van der Waals surface area contributed by atoms with Crippen molar-refractivity contribution in [1.29, 1.82) is 0 Å². The summed E-state index contributed by atoms with van der Waals surface area (Å²) < 4.78 is 68.9. The van der Waals surface area contributed by atoms with E-state index in [4.69, 9.17) is 37.0 Å². The van der Waals surface area contributed by atoms with Crippen molar-refractivity contribution in [1.82, 2.24) is 0 Å². The molecule has 0 aromatic heterocycles. The normalized spacial score (nSPS) is 13.9. The molecule has 0 bridgehead atoms. The van der Waals surface area contributed by atoms with Gasteiger partial charge in [-0.25, -0.2) is 9.13 Å². The third-order valence-corrected chi connectivity index (χ3v) is 21.4. The van der Waals surface area contributed by atoms with E-state index >= 15 is 0 Å². The smallest absolute Gasteiger partial charge is 0.462 e. The summed E-state index contributed by atoms with van der Waals surface area (Å²) in [6.45, 7) is 4.99. The number of aliphatic hydroxyl groups excluding tert-OH is 1. The summed E-state index contributed by atoms with van der Waals surface area (Å²) in [6.07, 6.45) is 75.6. The molecule has 3 N–H and O–H groups in total. The number of ether oxygens (including phenoxy) is 4. The molecule has 0 aliphatic heterocycles. The SMILES string of the molecule is CCCCC/C=C\C/C=C\CCCCCCCC(=O)O[C@H](COC(=O)CCCCCCCCCCCCCCCCCCC)COP(=O)(O)OC[C@H](O)COP(=O)(O)OC[C@@H](COC(=O)CCCCCCCCCCCCCCCCC)OC(=O)CCCCCCCCCCCCCCCCCCC. The van der Waals surface area contributed by atoms with Crippen LogP contribution in [0.3, 0.4) is 0 Å². The molecule has 0 spiro atoms. The number of carbonyl (C=O) groups is 4. The van der Waals surface area contributed by atoms with Crippen LogP contribution in [0.5, 0.6) is 0 Å². The third kappa shape index (κ3) is 77.7. The van der Waals surface area contributed by atoms with Crippen molar-refractivity contribution in [2.75, 3.05) is 39.6 Å². The first-order valence-corrected chi connectivity index (χ1v) is 46.6. The summed E-state index contributed by atoms with van der Waals surface area (Å²) in [5, 5.41) is 10.7. The summed E-state index contributed by atoms with van der Waals surface area (Å²) in [7, 11) is -9.94. The standard InChI is InChI=1S/C85H162O17P2/c1-5-9-13-17-21-25-29-33-37-39-43-46-50-54-58-62-66-70-83(88)96-76-80(101-84(89)71-67-63-59-55-51-47-42-36-32-28-24-20-16-12-8-4)77-99-103(91,92)97-73-79(86)74-98-104(93,94)100-78-81(75-95-82(87)69-65-61-57-53-49-45-41-35-31-27-23-19-15-11-7-3)102-85(90)72-68-64-60-56-52-48-44-40-38-34-30-26-22-18-14-10-6-2/h24,28,36,42,79-81,86H,5-23,25-27,29-35,37-41,43-78H2,1-4H3,(H,91,92)(H,93,94)/b28-24-,42-36-/t79-,80+,81+/m0/s1. The topological polar surface area (TPSA) is 237 Å². The third-order valence-electron chi connectivity index (χ3n) is 19.4. The molecule has 0 saturated heterocycles. The molecule has 19 heteroatoms. The van der Waals surface area contributed by atoms with Crippen LogP contribution in [0.4, 0.5) is 0 Å². The van der Waals surface area contributed by atoms with Crippen LogP contribution in [-0.4, -0.2) is 96.7 Å². The Balaban J connectivity index is 5.30. The molecule has 0 heterocycles. The van der Waals surface area contributed by atoms with Gasteiger partial charge in [-0.3, -0.25) is 37.3 Å². The number of allylic oxidation sites excluding steroid dienone is 4. The highest BCUT2D eigenvalue weighted by molar-refractivity contribution is 7.47. The Morgan fingerprint density at radius 3 is 0.731 bits per heavy atom. The van der Waals surface area contributed by atoms with Crippen molar-refractivity contribution < 1.29 is 80.2 Å². The van der Waals surface area contributed by atoms with E-state index in [1.165, 1.54) is 250 Å². The van der Waals surface area contributed by atoms with E-state index in [0.29, 0.717) is 25.7 Å². The second-order valence-electron chi connectivity index (χ2n) is 29.9. The molecular formula is C85H162O17P2. The van der Waals surface area contributed by atoms with E-state index in [2.05, 4.69) is 52.0 Å². The number of aliphatic hydroxyl groups is 1. The zero-order valence-electron chi connectivity index (χ0n) is 67.5. The van der Waals surface area contributed by atoms with Crippen molar-refractivity contribution in [3.05, 3.63) is 24.3 Å². The lowest BCUT2D eigenvalue weighted by Crippen LogP contribution is -2.30. The molecular weight excluding hydrogens is 1350 g/mol. The molecule has 0 aliphatic carbocycles. The predicted octanol–water partition coefficient (Wildman–Crippen LogP) is 25.7. The number of hydrogen-bond acceptors (Lipinski definition) is 15. The molecule has 0 aromatic rings. The minimum absolute atomic E-state index is 0.0879. The Morgan fingerprint density at radius 1 is 0.269 bits per heavy atom. The number of carbonyl (C=O) groups excluding carboxylic acids is 4. The molecule has 614 valence electrons.